The largest absolute Gasteiger partial charge is 0.444 e. The van der Waals surface area contributed by atoms with Crippen LogP contribution in [0.5, 0.6) is 0 Å². The van der Waals surface area contributed by atoms with Crippen molar-refractivity contribution in [1.29, 1.82) is 0 Å². The van der Waals surface area contributed by atoms with Crippen LogP contribution in [0.4, 0.5) is 4.79 Å². The molecule has 0 bridgehead atoms. The van der Waals surface area contributed by atoms with Gasteiger partial charge in [0.2, 0.25) is 11.8 Å². The van der Waals surface area contributed by atoms with Gasteiger partial charge in [0, 0.05) is 12.1 Å². The van der Waals surface area contributed by atoms with Gasteiger partial charge in [-0.2, -0.15) is 0 Å². The van der Waals surface area contributed by atoms with Crippen molar-refractivity contribution in [1.82, 2.24) is 15.5 Å². The molecule has 1 aromatic carbocycles. The average Bonchev–Trinajstić information content (AvgIpc) is 2.70. The quantitative estimate of drug-likeness (QED) is 0.438. The second kappa shape index (κ2) is 12.6. The molecule has 0 spiro atoms. The van der Waals surface area contributed by atoms with E-state index in [1.165, 1.54) is 0 Å². The Bertz CT molecular complexity index is 918. The van der Waals surface area contributed by atoms with Crippen molar-refractivity contribution in [2.45, 2.75) is 124 Å². The molecular weight excluding hydrogens is 454 g/mol. The molecule has 1 aromatic rings. The second-order valence-corrected chi connectivity index (χ2v) is 11.6. The van der Waals surface area contributed by atoms with E-state index in [2.05, 4.69) is 17.6 Å². The molecule has 202 valence electrons. The standard InChI is InChI=1S/C29H47N3O4/c1-10-12-21(6)30-26(33)25(22-16-15-19(4)20(5)17-22)32(23-13-11-14-23)27(34)24(18(2)3)31-28(35)36-29(7,8)9/h15-18,21,23-25H,10-14H2,1-9H3,(H,30,33)(H,31,35). The lowest BCUT2D eigenvalue weighted by Gasteiger charge is -2.44. The molecular formula is C29H47N3O4. The summed E-state index contributed by atoms with van der Waals surface area (Å²) < 4.78 is 5.45. The minimum Gasteiger partial charge on any atom is -0.444 e. The van der Waals surface area contributed by atoms with Crippen LogP contribution >= 0.6 is 0 Å². The van der Waals surface area contributed by atoms with Crippen LogP contribution in [0.15, 0.2) is 18.2 Å². The van der Waals surface area contributed by atoms with Crippen molar-refractivity contribution >= 4 is 17.9 Å². The summed E-state index contributed by atoms with van der Waals surface area (Å²) in [5.74, 6) is -0.614. The molecule has 7 nitrogen and oxygen atoms in total. The first-order valence-electron chi connectivity index (χ1n) is 13.4. The van der Waals surface area contributed by atoms with Gasteiger partial charge in [-0.15, -0.1) is 0 Å². The highest BCUT2D eigenvalue weighted by Gasteiger charge is 2.43. The summed E-state index contributed by atoms with van der Waals surface area (Å²) in [4.78, 5) is 42.4. The molecule has 1 fully saturated rings. The fourth-order valence-electron chi connectivity index (χ4n) is 4.49. The van der Waals surface area contributed by atoms with Crippen LogP contribution in [0, 0.1) is 19.8 Å². The fraction of sp³-hybridized carbons (Fsp3) is 0.690. The fourth-order valence-corrected chi connectivity index (χ4v) is 4.49. The van der Waals surface area contributed by atoms with Gasteiger partial charge in [0.05, 0.1) is 0 Å². The third-order valence-electron chi connectivity index (χ3n) is 6.81. The lowest BCUT2D eigenvalue weighted by molar-refractivity contribution is -0.148. The minimum absolute atomic E-state index is 0.00401. The Morgan fingerprint density at radius 3 is 2.17 bits per heavy atom. The Kier molecular flexibility index (Phi) is 10.4. The number of alkyl carbamates (subject to hydrolysis) is 1. The number of nitrogens with zero attached hydrogens (tertiary/aromatic N) is 1. The molecule has 0 aromatic heterocycles. The van der Waals surface area contributed by atoms with Crippen molar-refractivity contribution in [3.8, 4) is 0 Å². The first-order valence-corrected chi connectivity index (χ1v) is 13.4. The van der Waals surface area contributed by atoms with E-state index in [0.29, 0.717) is 0 Å². The molecule has 3 atom stereocenters. The van der Waals surface area contributed by atoms with Crippen LogP contribution in [-0.2, 0) is 14.3 Å². The monoisotopic (exact) mass is 501 g/mol. The van der Waals surface area contributed by atoms with E-state index < -0.39 is 23.8 Å². The highest BCUT2D eigenvalue weighted by atomic mass is 16.6. The van der Waals surface area contributed by atoms with Crippen LogP contribution in [0.25, 0.3) is 0 Å². The predicted molar refractivity (Wildman–Crippen MR) is 144 cm³/mol. The van der Waals surface area contributed by atoms with E-state index in [-0.39, 0.29) is 29.8 Å². The van der Waals surface area contributed by atoms with Crippen molar-refractivity contribution in [2.24, 2.45) is 5.92 Å². The van der Waals surface area contributed by atoms with E-state index in [4.69, 9.17) is 4.74 Å². The zero-order valence-electron chi connectivity index (χ0n) is 23.7. The molecule has 1 saturated carbocycles. The van der Waals surface area contributed by atoms with Crippen LogP contribution in [0.1, 0.15) is 103 Å². The number of rotatable bonds is 10. The highest BCUT2D eigenvalue weighted by molar-refractivity contribution is 5.92. The molecule has 0 saturated heterocycles. The lowest BCUT2D eigenvalue weighted by Crippen LogP contribution is -2.59. The summed E-state index contributed by atoms with van der Waals surface area (Å²) in [5.41, 5.74) is 2.31. The Balaban J connectivity index is 2.50. The summed E-state index contributed by atoms with van der Waals surface area (Å²) in [7, 11) is 0. The molecule has 2 rings (SSSR count). The number of nitrogens with one attached hydrogen (secondary N) is 2. The van der Waals surface area contributed by atoms with E-state index in [1.54, 1.807) is 25.7 Å². The maximum Gasteiger partial charge on any atom is 0.408 e. The van der Waals surface area contributed by atoms with Crippen LogP contribution in [-0.4, -0.2) is 46.5 Å². The third-order valence-corrected chi connectivity index (χ3v) is 6.81. The normalized spacial score (nSPS) is 16.5. The van der Waals surface area contributed by atoms with Gasteiger partial charge in [-0.25, -0.2) is 4.79 Å². The van der Waals surface area contributed by atoms with Crippen LogP contribution in [0.2, 0.25) is 0 Å². The number of hydrogen-bond donors (Lipinski definition) is 2. The van der Waals surface area contributed by atoms with Gasteiger partial charge >= 0.3 is 6.09 Å². The van der Waals surface area contributed by atoms with E-state index >= 15 is 0 Å². The van der Waals surface area contributed by atoms with Gasteiger partial charge in [0.15, 0.2) is 0 Å². The van der Waals surface area contributed by atoms with Gasteiger partial charge < -0.3 is 20.3 Å². The molecule has 7 heteroatoms. The number of carbonyl (C=O) groups excluding carboxylic acids is 3. The molecule has 0 aliphatic heterocycles. The van der Waals surface area contributed by atoms with Crippen LogP contribution < -0.4 is 10.6 Å². The summed E-state index contributed by atoms with van der Waals surface area (Å²) in [6.07, 6.45) is 3.86. The number of ether oxygens (including phenoxy) is 1. The number of benzene rings is 1. The lowest BCUT2D eigenvalue weighted by atomic mass is 9.86. The van der Waals surface area contributed by atoms with Gasteiger partial charge in [-0.3, -0.25) is 9.59 Å². The molecule has 0 heterocycles. The maximum absolute atomic E-state index is 14.2. The Hall–Kier alpha value is -2.57. The van der Waals surface area contributed by atoms with E-state index in [0.717, 1.165) is 48.8 Å². The minimum atomic E-state index is -0.810. The summed E-state index contributed by atoms with van der Waals surface area (Å²) in [6.45, 7) is 17.3. The van der Waals surface area contributed by atoms with Gasteiger partial charge in [-0.1, -0.05) is 45.4 Å². The summed E-state index contributed by atoms with van der Waals surface area (Å²) >= 11 is 0. The predicted octanol–water partition coefficient (Wildman–Crippen LogP) is 5.58. The van der Waals surface area contributed by atoms with Gasteiger partial charge in [0.1, 0.15) is 17.7 Å². The van der Waals surface area contributed by atoms with Crippen molar-refractivity contribution in [3.63, 3.8) is 0 Å². The molecule has 0 radical (unpaired) electrons. The zero-order valence-corrected chi connectivity index (χ0v) is 23.7. The van der Waals surface area contributed by atoms with Gasteiger partial charge in [0.25, 0.3) is 0 Å². The zero-order chi connectivity index (χ0) is 27.2. The topological polar surface area (TPSA) is 87.7 Å². The number of carbonyl (C=O) groups is 3. The maximum atomic E-state index is 14.2. The first-order chi connectivity index (χ1) is 16.7. The Labute approximate surface area is 217 Å². The van der Waals surface area contributed by atoms with Crippen LogP contribution in [0.3, 0.4) is 0 Å². The second-order valence-electron chi connectivity index (χ2n) is 11.6. The molecule has 3 unspecified atom stereocenters. The molecule has 1 aliphatic carbocycles. The number of aryl methyl sites for hydroxylation is 2. The Morgan fingerprint density at radius 2 is 1.69 bits per heavy atom. The molecule has 1 aliphatic rings. The first kappa shape index (κ1) is 29.7. The summed E-state index contributed by atoms with van der Waals surface area (Å²) in [6, 6.07) is 4.31. The van der Waals surface area contributed by atoms with E-state index in [9.17, 15) is 14.4 Å². The number of amides is 3. The van der Waals surface area contributed by atoms with Crippen molar-refractivity contribution in [3.05, 3.63) is 34.9 Å². The average molecular weight is 502 g/mol. The molecule has 2 N–H and O–H groups in total. The Morgan fingerprint density at radius 1 is 1.06 bits per heavy atom. The summed E-state index contributed by atoms with van der Waals surface area (Å²) in [5, 5.41) is 5.95. The molecule has 36 heavy (non-hydrogen) atoms. The van der Waals surface area contributed by atoms with Crippen molar-refractivity contribution < 1.29 is 19.1 Å². The highest BCUT2D eigenvalue weighted by Crippen LogP contribution is 2.35. The number of hydrogen-bond acceptors (Lipinski definition) is 4. The van der Waals surface area contributed by atoms with Gasteiger partial charge in [-0.05, 0) is 89.8 Å². The third kappa shape index (κ3) is 7.97. The van der Waals surface area contributed by atoms with E-state index in [1.807, 2.05) is 52.8 Å². The van der Waals surface area contributed by atoms with Crippen molar-refractivity contribution in [2.75, 3.05) is 0 Å². The molecule has 3 amide bonds. The smallest absolute Gasteiger partial charge is 0.408 e. The SMILES string of the molecule is CCCC(C)NC(=O)C(c1ccc(C)c(C)c1)N(C(=O)C(NC(=O)OC(C)(C)C)C(C)C)C1CCC1.